The number of aromatic amines is 1. The Morgan fingerprint density at radius 1 is 1.11 bits per heavy atom. The van der Waals surface area contributed by atoms with Gasteiger partial charge in [-0.3, -0.25) is 10.1 Å². The van der Waals surface area contributed by atoms with Gasteiger partial charge in [-0.1, -0.05) is 5.16 Å². The highest BCUT2D eigenvalue weighted by Gasteiger charge is 2.22. The highest BCUT2D eigenvalue weighted by Crippen LogP contribution is 2.29. The van der Waals surface area contributed by atoms with E-state index in [9.17, 15) is 0 Å². The summed E-state index contributed by atoms with van der Waals surface area (Å²) in [6, 6.07) is 0. The van der Waals surface area contributed by atoms with Gasteiger partial charge in [0.15, 0.2) is 0 Å². The summed E-state index contributed by atoms with van der Waals surface area (Å²) in [5.41, 5.74) is 8.42. The summed E-state index contributed by atoms with van der Waals surface area (Å²) in [5.74, 6) is 1.33. The fourth-order valence-corrected chi connectivity index (χ4v) is 4.31. The van der Waals surface area contributed by atoms with Gasteiger partial charge in [0.1, 0.15) is 0 Å². The van der Waals surface area contributed by atoms with Crippen LogP contribution < -0.4 is 5.32 Å². The Balaban J connectivity index is 1.37. The molecule has 7 nitrogen and oxygen atoms in total. The van der Waals surface area contributed by atoms with E-state index in [4.69, 9.17) is 4.52 Å². The summed E-state index contributed by atoms with van der Waals surface area (Å²) < 4.78 is 5.56. The highest BCUT2D eigenvalue weighted by atomic mass is 16.5. The molecule has 0 fully saturated rings. The molecule has 2 aliphatic rings. The van der Waals surface area contributed by atoms with E-state index < -0.39 is 0 Å². The van der Waals surface area contributed by atoms with E-state index in [0.29, 0.717) is 18.1 Å². The number of nitrogens with one attached hydrogen (secondary N) is 2. The van der Waals surface area contributed by atoms with Crippen molar-refractivity contribution in [1.29, 1.82) is 0 Å². The first-order valence-corrected chi connectivity index (χ1v) is 9.85. The van der Waals surface area contributed by atoms with E-state index in [1.807, 2.05) is 13.1 Å². The molecule has 3 aromatic rings. The Bertz CT molecular complexity index is 973. The Morgan fingerprint density at radius 2 is 2.04 bits per heavy atom. The second kappa shape index (κ2) is 6.88. The largest absolute Gasteiger partial charge is 0.339 e. The minimum atomic E-state index is 0.665. The second-order valence-electron chi connectivity index (χ2n) is 7.50. The van der Waals surface area contributed by atoms with E-state index in [1.165, 1.54) is 35.2 Å². The molecule has 0 saturated heterocycles. The fraction of sp³-hybridized carbons (Fsp3) is 0.500. The number of aryl methyl sites for hydroxylation is 4. The lowest BCUT2D eigenvalue weighted by Gasteiger charge is -2.19. The molecular formula is C20H24N6O. The Labute approximate surface area is 158 Å². The van der Waals surface area contributed by atoms with Crippen LogP contribution in [0.3, 0.4) is 0 Å². The molecule has 2 N–H and O–H groups in total. The molecule has 0 saturated carbocycles. The predicted octanol–water partition coefficient (Wildman–Crippen LogP) is 2.47. The number of hydrogen-bond acceptors (Lipinski definition) is 6. The van der Waals surface area contributed by atoms with Crippen LogP contribution in [0.25, 0.3) is 11.4 Å². The molecule has 1 aliphatic carbocycles. The summed E-state index contributed by atoms with van der Waals surface area (Å²) >= 11 is 0. The van der Waals surface area contributed by atoms with Crippen molar-refractivity contribution in [2.75, 3.05) is 6.54 Å². The van der Waals surface area contributed by atoms with Crippen LogP contribution in [0.4, 0.5) is 0 Å². The topological polar surface area (TPSA) is 92.5 Å². The number of nitrogens with zero attached hydrogens (tertiary/aromatic N) is 4. The Kier molecular flexibility index (Phi) is 4.24. The standard InChI is InChI=1S/C20H24N6O/c1-12-19(14-8-9-21-10-13(14)11-22-12)20-23-18(27-26-20)7-6-17-15-4-2-3-5-16(15)24-25-17/h11,21H,2-10H2,1H3,(H,24,25). The highest BCUT2D eigenvalue weighted by molar-refractivity contribution is 5.64. The van der Waals surface area contributed by atoms with Crippen LogP contribution in [-0.2, 0) is 38.6 Å². The van der Waals surface area contributed by atoms with Crippen molar-refractivity contribution >= 4 is 0 Å². The van der Waals surface area contributed by atoms with Crippen molar-refractivity contribution in [3.05, 3.63) is 45.9 Å². The van der Waals surface area contributed by atoms with Crippen LogP contribution in [0.2, 0.25) is 0 Å². The van der Waals surface area contributed by atoms with Crippen molar-refractivity contribution in [3.8, 4) is 11.4 Å². The van der Waals surface area contributed by atoms with Gasteiger partial charge in [0.2, 0.25) is 11.7 Å². The summed E-state index contributed by atoms with van der Waals surface area (Å²) in [7, 11) is 0. The summed E-state index contributed by atoms with van der Waals surface area (Å²) in [5, 5.41) is 15.4. The van der Waals surface area contributed by atoms with Crippen LogP contribution in [0.5, 0.6) is 0 Å². The van der Waals surface area contributed by atoms with Crippen LogP contribution in [0, 0.1) is 6.92 Å². The van der Waals surface area contributed by atoms with E-state index in [0.717, 1.165) is 55.7 Å². The lowest BCUT2D eigenvalue weighted by Crippen LogP contribution is -2.24. The van der Waals surface area contributed by atoms with E-state index in [2.05, 4.69) is 30.6 Å². The third kappa shape index (κ3) is 3.06. The number of H-pyrrole nitrogens is 1. The van der Waals surface area contributed by atoms with Crippen molar-refractivity contribution in [1.82, 2.24) is 30.6 Å². The molecule has 0 radical (unpaired) electrons. The summed E-state index contributed by atoms with van der Waals surface area (Å²) in [4.78, 5) is 9.22. The first kappa shape index (κ1) is 16.6. The van der Waals surface area contributed by atoms with Crippen molar-refractivity contribution in [2.45, 2.75) is 58.4 Å². The van der Waals surface area contributed by atoms with Gasteiger partial charge in [0.25, 0.3) is 0 Å². The minimum absolute atomic E-state index is 0.665. The molecule has 7 heteroatoms. The second-order valence-corrected chi connectivity index (χ2v) is 7.50. The average Bonchev–Trinajstić information content (AvgIpc) is 3.33. The first-order valence-electron chi connectivity index (χ1n) is 9.85. The summed E-state index contributed by atoms with van der Waals surface area (Å²) in [6.07, 6.45) is 9.24. The van der Waals surface area contributed by atoms with Gasteiger partial charge in [0.05, 0.1) is 5.69 Å². The monoisotopic (exact) mass is 364 g/mol. The van der Waals surface area contributed by atoms with Gasteiger partial charge in [0, 0.05) is 42.5 Å². The zero-order chi connectivity index (χ0) is 18.2. The van der Waals surface area contributed by atoms with Crippen LogP contribution in [0.1, 0.15) is 52.5 Å². The van der Waals surface area contributed by atoms with E-state index in [-0.39, 0.29) is 0 Å². The van der Waals surface area contributed by atoms with Crippen molar-refractivity contribution < 1.29 is 4.52 Å². The third-order valence-corrected chi connectivity index (χ3v) is 5.74. The zero-order valence-electron chi connectivity index (χ0n) is 15.6. The van der Waals surface area contributed by atoms with Crippen LogP contribution >= 0.6 is 0 Å². The molecule has 0 spiro atoms. The van der Waals surface area contributed by atoms with Gasteiger partial charge in [-0.05, 0) is 62.3 Å². The minimum Gasteiger partial charge on any atom is -0.339 e. The lowest BCUT2D eigenvalue weighted by molar-refractivity contribution is 0.378. The number of pyridine rings is 1. The average molecular weight is 364 g/mol. The maximum Gasteiger partial charge on any atom is 0.227 e. The van der Waals surface area contributed by atoms with E-state index >= 15 is 0 Å². The van der Waals surface area contributed by atoms with Gasteiger partial charge in [-0.2, -0.15) is 10.1 Å². The van der Waals surface area contributed by atoms with Crippen molar-refractivity contribution in [2.24, 2.45) is 0 Å². The molecule has 0 bridgehead atoms. The van der Waals surface area contributed by atoms with Gasteiger partial charge in [-0.15, -0.1) is 0 Å². The van der Waals surface area contributed by atoms with E-state index in [1.54, 1.807) is 0 Å². The maximum atomic E-state index is 5.56. The van der Waals surface area contributed by atoms with Gasteiger partial charge in [-0.25, -0.2) is 0 Å². The number of hydrogen-bond donors (Lipinski definition) is 2. The number of rotatable bonds is 4. The first-order chi connectivity index (χ1) is 13.3. The third-order valence-electron chi connectivity index (χ3n) is 5.74. The number of aromatic nitrogens is 5. The molecule has 0 amide bonds. The molecule has 1 aliphatic heterocycles. The van der Waals surface area contributed by atoms with Crippen LogP contribution in [0.15, 0.2) is 10.7 Å². The number of fused-ring (bicyclic) bond motifs is 2. The molecule has 0 unspecified atom stereocenters. The van der Waals surface area contributed by atoms with Gasteiger partial charge < -0.3 is 9.84 Å². The van der Waals surface area contributed by atoms with Crippen molar-refractivity contribution in [3.63, 3.8) is 0 Å². The molecule has 3 aromatic heterocycles. The molecule has 5 rings (SSSR count). The SMILES string of the molecule is Cc1ncc2c(c1-c1noc(CCc3n[nH]c4c3CCCC4)n1)CCNC2. The zero-order valence-corrected chi connectivity index (χ0v) is 15.6. The molecule has 27 heavy (non-hydrogen) atoms. The molecule has 4 heterocycles. The Hall–Kier alpha value is -2.54. The smallest absolute Gasteiger partial charge is 0.227 e. The fourth-order valence-electron chi connectivity index (χ4n) is 4.31. The van der Waals surface area contributed by atoms with Gasteiger partial charge >= 0.3 is 0 Å². The lowest BCUT2D eigenvalue weighted by atomic mass is 9.94. The Morgan fingerprint density at radius 3 is 3.00 bits per heavy atom. The van der Waals surface area contributed by atoms with Crippen LogP contribution in [-0.4, -0.2) is 31.9 Å². The predicted molar refractivity (Wildman–Crippen MR) is 100 cm³/mol. The molecule has 140 valence electrons. The molecule has 0 atom stereocenters. The normalized spacial score (nSPS) is 16.2. The maximum absolute atomic E-state index is 5.56. The molecule has 0 aromatic carbocycles. The summed E-state index contributed by atoms with van der Waals surface area (Å²) in [6.45, 7) is 3.84. The quantitative estimate of drug-likeness (QED) is 0.739. The molecular weight excluding hydrogens is 340 g/mol.